The van der Waals surface area contributed by atoms with E-state index >= 15 is 0 Å². The highest BCUT2D eigenvalue weighted by Gasteiger charge is 2.41. The molecule has 1 unspecified atom stereocenters. The first-order valence-electron chi connectivity index (χ1n) is 10.2. The van der Waals surface area contributed by atoms with E-state index in [9.17, 15) is 0 Å². The number of anilines is 2. The Morgan fingerprint density at radius 3 is 2.72 bits per heavy atom. The number of nitrogens with two attached hydrogens (primary N) is 1. The summed E-state index contributed by atoms with van der Waals surface area (Å²) in [5.41, 5.74) is 10.8. The van der Waals surface area contributed by atoms with Gasteiger partial charge in [-0.3, -0.25) is 10.7 Å². The van der Waals surface area contributed by atoms with Crippen molar-refractivity contribution >= 4 is 22.3 Å². The van der Waals surface area contributed by atoms with Gasteiger partial charge in [-0.15, -0.1) is 0 Å². The van der Waals surface area contributed by atoms with E-state index < -0.39 is 5.79 Å². The molecule has 1 atom stereocenters. The molecule has 1 aliphatic rings. The smallest absolute Gasteiger partial charge is 0.188 e. The maximum atomic E-state index is 6.72. The van der Waals surface area contributed by atoms with Crippen LogP contribution in [0.5, 0.6) is 5.75 Å². The summed E-state index contributed by atoms with van der Waals surface area (Å²) >= 11 is 0. The lowest BCUT2D eigenvalue weighted by atomic mass is 10.1. The predicted molar refractivity (Wildman–Crippen MR) is 117 cm³/mol. The number of pyridine rings is 1. The highest BCUT2D eigenvalue weighted by molar-refractivity contribution is 6.01. The molecule has 2 heterocycles. The number of aromatic nitrogens is 1. The first kappa shape index (κ1) is 19.5. The molecule has 0 fully saturated rings. The Hall–Kier alpha value is -2.83. The summed E-state index contributed by atoms with van der Waals surface area (Å²) in [4.78, 5) is 6.81. The van der Waals surface area contributed by atoms with E-state index in [-0.39, 0.29) is 0 Å². The molecule has 0 aliphatic carbocycles. The van der Waals surface area contributed by atoms with E-state index in [1.165, 1.54) is 0 Å². The van der Waals surface area contributed by atoms with Gasteiger partial charge in [-0.05, 0) is 37.1 Å². The molecule has 2 aromatic carbocycles. The van der Waals surface area contributed by atoms with Gasteiger partial charge < -0.3 is 19.7 Å². The molecule has 29 heavy (non-hydrogen) atoms. The SMILES string of the molecule is CCCN1c2c(cnc3ccc(OCc4ccccc4)cc23)NC1(N)COCC. The van der Waals surface area contributed by atoms with Crippen LogP contribution in [-0.4, -0.2) is 30.5 Å². The molecule has 0 bridgehead atoms. The molecule has 4 rings (SSSR count). The average molecular weight is 393 g/mol. The highest BCUT2D eigenvalue weighted by Crippen LogP contribution is 2.43. The Labute approximate surface area is 171 Å². The molecule has 0 amide bonds. The zero-order valence-electron chi connectivity index (χ0n) is 17.0. The molecule has 3 N–H and O–H groups in total. The molecule has 1 aliphatic heterocycles. The van der Waals surface area contributed by atoms with E-state index in [1.807, 2.05) is 43.5 Å². The van der Waals surface area contributed by atoms with Gasteiger partial charge in [0, 0.05) is 18.5 Å². The number of fused-ring (bicyclic) bond motifs is 3. The van der Waals surface area contributed by atoms with Gasteiger partial charge in [0.25, 0.3) is 0 Å². The highest BCUT2D eigenvalue weighted by atomic mass is 16.5. The quantitative estimate of drug-likeness (QED) is 0.601. The van der Waals surface area contributed by atoms with E-state index in [4.69, 9.17) is 15.2 Å². The van der Waals surface area contributed by atoms with Crippen molar-refractivity contribution in [1.29, 1.82) is 0 Å². The Balaban J connectivity index is 1.68. The number of nitrogens with zero attached hydrogens (tertiary/aromatic N) is 2. The molecule has 0 spiro atoms. The molecule has 1 aromatic heterocycles. The lowest BCUT2D eigenvalue weighted by molar-refractivity contribution is 0.105. The van der Waals surface area contributed by atoms with Gasteiger partial charge in [-0.2, -0.15) is 0 Å². The van der Waals surface area contributed by atoms with E-state index in [0.717, 1.165) is 46.6 Å². The second-order valence-electron chi connectivity index (χ2n) is 7.31. The summed E-state index contributed by atoms with van der Waals surface area (Å²) in [6.07, 6.45) is 2.82. The number of benzene rings is 2. The van der Waals surface area contributed by atoms with Gasteiger partial charge in [-0.25, -0.2) is 0 Å². The number of hydrogen-bond donors (Lipinski definition) is 2. The number of hydrogen-bond acceptors (Lipinski definition) is 6. The van der Waals surface area contributed by atoms with Crippen LogP contribution in [-0.2, 0) is 11.3 Å². The normalized spacial score (nSPS) is 18.0. The third-order valence-corrected chi connectivity index (χ3v) is 5.14. The van der Waals surface area contributed by atoms with Crippen LogP contribution >= 0.6 is 0 Å². The summed E-state index contributed by atoms with van der Waals surface area (Å²) in [7, 11) is 0. The van der Waals surface area contributed by atoms with Crippen molar-refractivity contribution in [3.8, 4) is 5.75 Å². The van der Waals surface area contributed by atoms with Crippen molar-refractivity contribution in [1.82, 2.24) is 4.98 Å². The van der Waals surface area contributed by atoms with Gasteiger partial charge in [0.1, 0.15) is 19.0 Å². The van der Waals surface area contributed by atoms with Crippen LogP contribution in [0, 0.1) is 0 Å². The van der Waals surface area contributed by atoms with Gasteiger partial charge >= 0.3 is 0 Å². The molecule has 6 nitrogen and oxygen atoms in total. The van der Waals surface area contributed by atoms with Crippen molar-refractivity contribution in [2.24, 2.45) is 5.73 Å². The fourth-order valence-electron chi connectivity index (χ4n) is 3.78. The third-order valence-electron chi connectivity index (χ3n) is 5.14. The second-order valence-corrected chi connectivity index (χ2v) is 7.31. The zero-order valence-corrected chi connectivity index (χ0v) is 17.0. The van der Waals surface area contributed by atoms with Crippen LogP contribution in [0.4, 0.5) is 11.4 Å². The van der Waals surface area contributed by atoms with E-state index in [0.29, 0.717) is 19.8 Å². The van der Waals surface area contributed by atoms with Crippen LogP contribution in [0.2, 0.25) is 0 Å². The van der Waals surface area contributed by atoms with Crippen LogP contribution in [0.15, 0.2) is 54.7 Å². The second kappa shape index (κ2) is 8.27. The number of nitrogens with one attached hydrogen (secondary N) is 1. The average Bonchev–Trinajstić information content (AvgIpc) is 3.04. The van der Waals surface area contributed by atoms with Crippen molar-refractivity contribution in [3.63, 3.8) is 0 Å². The van der Waals surface area contributed by atoms with Crippen LogP contribution in [0.25, 0.3) is 10.9 Å². The summed E-state index contributed by atoms with van der Waals surface area (Å²) in [6.45, 7) is 6.48. The molecule has 0 saturated heterocycles. The number of ether oxygens (including phenoxy) is 2. The molecular weight excluding hydrogens is 364 g/mol. The van der Waals surface area contributed by atoms with Crippen molar-refractivity contribution < 1.29 is 9.47 Å². The fraction of sp³-hybridized carbons (Fsp3) is 0.348. The molecule has 152 valence electrons. The Kier molecular flexibility index (Phi) is 5.56. The summed E-state index contributed by atoms with van der Waals surface area (Å²) in [5.74, 6) is 0.0259. The van der Waals surface area contributed by atoms with Crippen molar-refractivity contribution in [2.45, 2.75) is 32.7 Å². The first-order valence-corrected chi connectivity index (χ1v) is 10.2. The topological polar surface area (TPSA) is 72.6 Å². The molecular formula is C23H28N4O2. The van der Waals surface area contributed by atoms with E-state index in [1.54, 1.807) is 0 Å². The number of rotatable bonds is 8. The van der Waals surface area contributed by atoms with E-state index in [2.05, 4.69) is 40.3 Å². The third kappa shape index (κ3) is 3.86. The van der Waals surface area contributed by atoms with Gasteiger partial charge in [0.15, 0.2) is 5.79 Å². The lowest BCUT2D eigenvalue weighted by Gasteiger charge is -2.36. The minimum Gasteiger partial charge on any atom is -0.489 e. The van der Waals surface area contributed by atoms with Gasteiger partial charge in [0.2, 0.25) is 0 Å². The summed E-state index contributed by atoms with van der Waals surface area (Å²) < 4.78 is 11.7. The standard InChI is InChI=1S/C23H28N4O2/c1-3-12-27-22-19-13-18(29-15-17-8-6-5-7-9-17)10-11-20(19)25-14-21(22)26-23(27,24)16-28-4-2/h5-11,13-14,26H,3-4,12,15-16,24H2,1-2H3. The Morgan fingerprint density at radius 1 is 1.14 bits per heavy atom. The van der Waals surface area contributed by atoms with Crippen LogP contribution in [0.3, 0.4) is 0 Å². The maximum absolute atomic E-state index is 6.72. The van der Waals surface area contributed by atoms with Crippen molar-refractivity contribution in [3.05, 3.63) is 60.3 Å². The molecule has 0 saturated carbocycles. The minimum absolute atomic E-state index is 0.393. The lowest BCUT2D eigenvalue weighted by Crippen LogP contribution is -2.62. The Morgan fingerprint density at radius 2 is 1.97 bits per heavy atom. The molecule has 0 radical (unpaired) electrons. The van der Waals surface area contributed by atoms with Gasteiger partial charge in [0.05, 0.1) is 23.1 Å². The molecule has 3 aromatic rings. The monoisotopic (exact) mass is 392 g/mol. The predicted octanol–water partition coefficient (Wildman–Crippen LogP) is 4.10. The minimum atomic E-state index is -0.786. The van der Waals surface area contributed by atoms with Crippen molar-refractivity contribution in [2.75, 3.05) is 30.0 Å². The van der Waals surface area contributed by atoms with Crippen LogP contribution in [0.1, 0.15) is 25.8 Å². The summed E-state index contributed by atoms with van der Waals surface area (Å²) in [5, 5.41) is 4.45. The maximum Gasteiger partial charge on any atom is 0.188 e. The summed E-state index contributed by atoms with van der Waals surface area (Å²) in [6, 6.07) is 16.2. The largest absolute Gasteiger partial charge is 0.489 e. The van der Waals surface area contributed by atoms with Gasteiger partial charge in [-0.1, -0.05) is 37.3 Å². The Bertz CT molecular complexity index is 979. The fourth-order valence-corrected chi connectivity index (χ4v) is 3.78. The zero-order chi connectivity index (χ0) is 20.3. The van der Waals surface area contributed by atoms with Crippen LogP contribution < -0.4 is 20.7 Å². The molecule has 6 heteroatoms. The first-order chi connectivity index (χ1) is 14.1.